The SMILES string of the molecule is CCc1cc(C(=O)CC(C)C(=O)O)ccc1OC. The molecule has 1 aromatic carbocycles. The van der Waals surface area contributed by atoms with Crippen molar-refractivity contribution in [1.82, 2.24) is 0 Å². The van der Waals surface area contributed by atoms with E-state index in [1.165, 1.54) is 6.92 Å². The van der Waals surface area contributed by atoms with Crippen LogP contribution in [0, 0.1) is 5.92 Å². The maximum absolute atomic E-state index is 11.9. The van der Waals surface area contributed by atoms with Gasteiger partial charge >= 0.3 is 5.97 Å². The molecule has 0 saturated heterocycles. The second-order valence-corrected chi connectivity index (χ2v) is 4.25. The molecule has 1 atom stereocenters. The molecule has 0 saturated carbocycles. The molecule has 0 amide bonds. The molecule has 1 aromatic rings. The molecular formula is C14H18O4. The monoisotopic (exact) mass is 250 g/mol. The normalized spacial score (nSPS) is 11.9. The van der Waals surface area contributed by atoms with E-state index < -0.39 is 11.9 Å². The van der Waals surface area contributed by atoms with Gasteiger partial charge in [-0.15, -0.1) is 0 Å². The first kappa shape index (κ1) is 14.2. The van der Waals surface area contributed by atoms with Crippen molar-refractivity contribution in [1.29, 1.82) is 0 Å². The Bertz CT molecular complexity index is 451. The highest BCUT2D eigenvalue weighted by atomic mass is 16.5. The van der Waals surface area contributed by atoms with Gasteiger partial charge in [0.2, 0.25) is 0 Å². The first-order valence-electron chi connectivity index (χ1n) is 5.92. The smallest absolute Gasteiger partial charge is 0.306 e. The second-order valence-electron chi connectivity index (χ2n) is 4.25. The van der Waals surface area contributed by atoms with Gasteiger partial charge in [-0.05, 0) is 30.2 Å². The van der Waals surface area contributed by atoms with Gasteiger partial charge in [0.15, 0.2) is 5.78 Å². The number of carboxylic acids is 1. The molecule has 0 radical (unpaired) electrons. The Hall–Kier alpha value is -1.84. The molecule has 0 heterocycles. The molecule has 0 bridgehead atoms. The minimum absolute atomic E-state index is 0.0187. The number of methoxy groups -OCH3 is 1. The number of Topliss-reactive ketones (excluding diaryl/α,β-unsaturated/α-hetero) is 1. The number of rotatable bonds is 6. The number of benzene rings is 1. The van der Waals surface area contributed by atoms with Gasteiger partial charge < -0.3 is 9.84 Å². The van der Waals surface area contributed by atoms with Crippen LogP contribution in [0.15, 0.2) is 18.2 Å². The predicted octanol–water partition coefficient (Wildman–Crippen LogP) is 2.55. The molecule has 1 unspecified atom stereocenters. The van der Waals surface area contributed by atoms with Crippen molar-refractivity contribution in [3.63, 3.8) is 0 Å². The average molecular weight is 250 g/mol. The summed E-state index contributed by atoms with van der Waals surface area (Å²) >= 11 is 0. The molecule has 18 heavy (non-hydrogen) atoms. The van der Waals surface area contributed by atoms with Crippen molar-refractivity contribution in [2.75, 3.05) is 7.11 Å². The van der Waals surface area contributed by atoms with Gasteiger partial charge in [0.05, 0.1) is 13.0 Å². The highest BCUT2D eigenvalue weighted by Gasteiger charge is 2.17. The van der Waals surface area contributed by atoms with Crippen LogP contribution < -0.4 is 4.74 Å². The maximum atomic E-state index is 11.9. The molecule has 98 valence electrons. The number of aliphatic carboxylic acids is 1. The molecule has 0 fully saturated rings. The largest absolute Gasteiger partial charge is 0.496 e. The van der Waals surface area contributed by atoms with E-state index >= 15 is 0 Å². The van der Waals surface area contributed by atoms with Crippen LogP contribution in [0.1, 0.15) is 36.2 Å². The molecule has 0 aliphatic rings. The van der Waals surface area contributed by atoms with Gasteiger partial charge in [-0.25, -0.2) is 0 Å². The molecular weight excluding hydrogens is 232 g/mol. The third-order valence-electron chi connectivity index (χ3n) is 2.90. The number of hydrogen-bond donors (Lipinski definition) is 1. The van der Waals surface area contributed by atoms with Crippen molar-refractivity contribution >= 4 is 11.8 Å². The summed E-state index contributed by atoms with van der Waals surface area (Å²) in [6.45, 7) is 3.51. The Morgan fingerprint density at radius 1 is 1.39 bits per heavy atom. The Morgan fingerprint density at radius 2 is 2.06 bits per heavy atom. The average Bonchev–Trinajstić information content (AvgIpc) is 2.37. The van der Waals surface area contributed by atoms with E-state index in [0.29, 0.717) is 5.56 Å². The number of carboxylic acid groups (broad SMARTS) is 1. The summed E-state index contributed by atoms with van der Waals surface area (Å²) in [7, 11) is 1.59. The zero-order valence-corrected chi connectivity index (χ0v) is 10.9. The number of carbonyl (C=O) groups excluding carboxylic acids is 1. The van der Waals surface area contributed by atoms with E-state index in [-0.39, 0.29) is 12.2 Å². The van der Waals surface area contributed by atoms with Crippen LogP contribution in [0.3, 0.4) is 0 Å². The first-order chi connectivity index (χ1) is 8.49. The minimum atomic E-state index is -0.951. The Labute approximate surface area is 107 Å². The highest BCUT2D eigenvalue weighted by molar-refractivity contribution is 5.98. The molecule has 0 aliphatic carbocycles. The van der Waals surface area contributed by atoms with Crippen LogP contribution in [0.5, 0.6) is 5.75 Å². The molecule has 4 nitrogen and oxygen atoms in total. The number of carbonyl (C=O) groups is 2. The second kappa shape index (κ2) is 6.19. The van der Waals surface area contributed by atoms with Crippen molar-refractivity contribution in [2.24, 2.45) is 5.92 Å². The summed E-state index contributed by atoms with van der Waals surface area (Å²) < 4.78 is 5.18. The van der Waals surface area contributed by atoms with Crippen molar-refractivity contribution in [3.05, 3.63) is 29.3 Å². The van der Waals surface area contributed by atoms with E-state index in [1.807, 2.05) is 6.92 Å². The topological polar surface area (TPSA) is 63.6 Å². The van der Waals surface area contributed by atoms with E-state index in [4.69, 9.17) is 9.84 Å². The summed E-state index contributed by atoms with van der Waals surface area (Å²) in [4.78, 5) is 22.6. The lowest BCUT2D eigenvalue weighted by molar-refractivity contribution is -0.141. The fourth-order valence-electron chi connectivity index (χ4n) is 1.71. The number of ether oxygens (including phenoxy) is 1. The van der Waals surface area contributed by atoms with E-state index in [0.717, 1.165) is 17.7 Å². The third kappa shape index (κ3) is 3.32. The van der Waals surface area contributed by atoms with Gasteiger partial charge in [-0.1, -0.05) is 13.8 Å². The van der Waals surface area contributed by atoms with Gasteiger partial charge in [-0.2, -0.15) is 0 Å². The van der Waals surface area contributed by atoms with E-state index in [2.05, 4.69) is 0 Å². The van der Waals surface area contributed by atoms with Crippen molar-refractivity contribution in [2.45, 2.75) is 26.7 Å². The van der Waals surface area contributed by atoms with Crippen molar-refractivity contribution in [3.8, 4) is 5.75 Å². The summed E-state index contributed by atoms with van der Waals surface area (Å²) in [6.07, 6.45) is 0.781. The van der Waals surface area contributed by atoms with Gasteiger partial charge in [-0.3, -0.25) is 9.59 Å². The van der Waals surface area contributed by atoms with Crippen LogP contribution in [0.4, 0.5) is 0 Å². The molecule has 0 aliphatic heterocycles. The number of hydrogen-bond acceptors (Lipinski definition) is 3. The van der Waals surface area contributed by atoms with Gasteiger partial charge in [0.1, 0.15) is 5.75 Å². The summed E-state index contributed by atoms with van der Waals surface area (Å²) in [6, 6.07) is 5.20. The fraction of sp³-hybridized carbons (Fsp3) is 0.429. The summed E-state index contributed by atoms with van der Waals surface area (Å²) in [5.74, 6) is -1.01. The number of aryl methyl sites for hydroxylation is 1. The van der Waals surface area contributed by atoms with Crippen LogP contribution in [0.2, 0.25) is 0 Å². The maximum Gasteiger partial charge on any atom is 0.306 e. The molecule has 1 N–H and O–H groups in total. The Morgan fingerprint density at radius 3 is 2.56 bits per heavy atom. The van der Waals surface area contributed by atoms with Crippen LogP contribution in [-0.4, -0.2) is 24.0 Å². The Kier molecular flexibility index (Phi) is 4.89. The van der Waals surface area contributed by atoms with Gasteiger partial charge in [0.25, 0.3) is 0 Å². The van der Waals surface area contributed by atoms with Crippen molar-refractivity contribution < 1.29 is 19.4 Å². The van der Waals surface area contributed by atoms with Gasteiger partial charge in [0, 0.05) is 12.0 Å². The predicted molar refractivity (Wildman–Crippen MR) is 68.1 cm³/mol. The summed E-state index contributed by atoms with van der Waals surface area (Å²) in [5.41, 5.74) is 1.49. The highest BCUT2D eigenvalue weighted by Crippen LogP contribution is 2.21. The molecule has 0 spiro atoms. The first-order valence-corrected chi connectivity index (χ1v) is 5.92. The van der Waals surface area contributed by atoms with Crippen LogP contribution in [-0.2, 0) is 11.2 Å². The van der Waals surface area contributed by atoms with E-state index in [9.17, 15) is 9.59 Å². The minimum Gasteiger partial charge on any atom is -0.496 e. The quantitative estimate of drug-likeness (QED) is 0.788. The fourth-order valence-corrected chi connectivity index (χ4v) is 1.71. The Balaban J connectivity index is 2.90. The molecule has 1 rings (SSSR count). The zero-order chi connectivity index (χ0) is 13.7. The van der Waals surface area contributed by atoms with E-state index in [1.54, 1.807) is 25.3 Å². The molecule has 4 heteroatoms. The lowest BCUT2D eigenvalue weighted by atomic mass is 9.97. The zero-order valence-electron chi connectivity index (χ0n) is 10.9. The lowest BCUT2D eigenvalue weighted by Gasteiger charge is -2.10. The lowest BCUT2D eigenvalue weighted by Crippen LogP contribution is -2.14. The standard InChI is InChI=1S/C14H18O4/c1-4-10-8-11(5-6-13(10)18-3)12(15)7-9(2)14(16)17/h5-6,8-9H,4,7H2,1-3H3,(H,16,17). The summed E-state index contributed by atoms with van der Waals surface area (Å²) in [5, 5.41) is 8.79. The number of ketones is 1. The van der Waals surface area contributed by atoms with Crippen LogP contribution >= 0.6 is 0 Å². The molecule has 0 aromatic heterocycles. The van der Waals surface area contributed by atoms with Crippen LogP contribution in [0.25, 0.3) is 0 Å². The third-order valence-corrected chi connectivity index (χ3v) is 2.90.